The van der Waals surface area contributed by atoms with E-state index in [1.54, 1.807) is 6.08 Å². The lowest BCUT2D eigenvalue weighted by molar-refractivity contribution is -0.0992. The molecule has 1 aromatic rings. The molecular weight excluding hydrogens is 446 g/mol. The van der Waals surface area contributed by atoms with E-state index in [4.69, 9.17) is 0 Å². The SMILES string of the molecule is CN(C)[C@]1(c2ccccc2)CC[C@]2(CC1)CN(C1C=CC(S(C)(=O)=O)=CC1)C(O)N2CC1CC1. The fourth-order valence-electron chi connectivity index (χ4n) is 6.52. The maximum absolute atomic E-state index is 11.9. The Balaban J connectivity index is 1.39. The van der Waals surface area contributed by atoms with Crippen molar-refractivity contribution in [3.05, 3.63) is 59.0 Å². The van der Waals surface area contributed by atoms with E-state index >= 15 is 0 Å². The summed E-state index contributed by atoms with van der Waals surface area (Å²) in [5.41, 5.74) is 1.37. The molecule has 2 atom stereocenters. The van der Waals surface area contributed by atoms with E-state index in [1.165, 1.54) is 24.7 Å². The molecule has 3 fully saturated rings. The van der Waals surface area contributed by atoms with Crippen molar-refractivity contribution >= 4 is 9.84 Å². The number of hydrogen-bond acceptors (Lipinski definition) is 6. The predicted molar refractivity (Wildman–Crippen MR) is 136 cm³/mol. The monoisotopic (exact) mass is 485 g/mol. The van der Waals surface area contributed by atoms with Crippen molar-refractivity contribution in [1.29, 1.82) is 0 Å². The third-order valence-electron chi connectivity index (χ3n) is 8.89. The minimum atomic E-state index is -3.20. The third kappa shape index (κ3) is 4.30. The van der Waals surface area contributed by atoms with Crippen LogP contribution in [0.3, 0.4) is 0 Å². The van der Waals surface area contributed by atoms with Crippen molar-refractivity contribution in [3.63, 3.8) is 0 Å². The molecule has 186 valence electrons. The summed E-state index contributed by atoms with van der Waals surface area (Å²) in [5, 5.41) is 11.5. The van der Waals surface area contributed by atoms with Crippen LogP contribution in [-0.2, 0) is 15.4 Å². The molecule has 1 saturated heterocycles. The normalized spacial score (nSPS) is 35.3. The number of aliphatic hydroxyl groups is 1. The summed E-state index contributed by atoms with van der Waals surface area (Å²) in [5.74, 6) is 0.694. The Kier molecular flexibility index (Phi) is 6.30. The first kappa shape index (κ1) is 24.2. The summed E-state index contributed by atoms with van der Waals surface area (Å²) in [4.78, 5) is 7.39. The second-order valence-electron chi connectivity index (χ2n) is 11.2. The van der Waals surface area contributed by atoms with Crippen LogP contribution in [0.25, 0.3) is 0 Å². The van der Waals surface area contributed by atoms with Crippen LogP contribution in [0, 0.1) is 5.92 Å². The van der Waals surface area contributed by atoms with Gasteiger partial charge in [0.15, 0.2) is 16.2 Å². The highest BCUT2D eigenvalue weighted by Gasteiger charge is 2.56. The van der Waals surface area contributed by atoms with Crippen LogP contribution in [0.5, 0.6) is 0 Å². The number of nitrogens with zero attached hydrogens (tertiary/aromatic N) is 3. The molecule has 1 N–H and O–H groups in total. The van der Waals surface area contributed by atoms with E-state index in [0.717, 1.165) is 38.8 Å². The van der Waals surface area contributed by atoms with Gasteiger partial charge >= 0.3 is 0 Å². The number of allylic oxidation sites excluding steroid dienone is 1. The van der Waals surface area contributed by atoms with Gasteiger partial charge in [-0.15, -0.1) is 0 Å². The molecule has 7 heteroatoms. The number of aliphatic hydroxyl groups excluding tert-OH is 1. The fraction of sp³-hybridized carbons (Fsp3) is 0.630. The van der Waals surface area contributed by atoms with Gasteiger partial charge in [0.25, 0.3) is 0 Å². The first-order chi connectivity index (χ1) is 16.1. The Morgan fingerprint density at radius 1 is 1.09 bits per heavy atom. The molecule has 0 bridgehead atoms. The molecule has 1 aliphatic heterocycles. The topological polar surface area (TPSA) is 64.1 Å². The highest BCUT2D eigenvalue weighted by Crippen LogP contribution is 2.51. The second kappa shape index (κ2) is 8.86. The largest absolute Gasteiger partial charge is 0.365 e. The predicted octanol–water partition coefficient (Wildman–Crippen LogP) is 3.32. The Labute approximate surface area is 204 Å². The zero-order valence-electron chi connectivity index (χ0n) is 20.7. The van der Waals surface area contributed by atoms with E-state index in [9.17, 15) is 13.5 Å². The van der Waals surface area contributed by atoms with Gasteiger partial charge in [0, 0.05) is 36.5 Å². The molecule has 1 aromatic carbocycles. The number of sulfone groups is 1. The Morgan fingerprint density at radius 3 is 2.29 bits per heavy atom. The summed E-state index contributed by atoms with van der Waals surface area (Å²) in [6, 6.07) is 10.9. The van der Waals surface area contributed by atoms with Crippen LogP contribution >= 0.6 is 0 Å². The van der Waals surface area contributed by atoms with Crippen LogP contribution in [0.1, 0.15) is 50.5 Å². The van der Waals surface area contributed by atoms with Gasteiger partial charge in [-0.25, -0.2) is 8.42 Å². The van der Waals surface area contributed by atoms with Crippen molar-refractivity contribution in [1.82, 2.24) is 14.7 Å². The van der Waals surface area contributed by atoms with Crippen molar-refractivity contribution in [2.75, 3.05) is 33.4 Å². The number of rotatable bonds is 6. The fourth-order valence-corrected chi connectivity index (χ4v) is 7.24. The smallest absolute Gasteiger partial charge is 0.175 e. The lowest BCUT2D eigenvalue weighted by atomic mass is 9.68. The molecule has 1 heterocycles. The Hall–Kier alpha value is -1.51. The molecule has 34 heavy (non-hydrogen) atoms. The van der Waals surface area contributed by atoms with E-state index < -0.39 is 16.2 Å². The lowest BCUT2D eigenvalue weighted by Crippen LogP contribution is -2.56. The van der Waals surface area contributed by atoms with Gasteiger partial charge in [0.2, 0.25) is 0 Å². The molecule has 0 radical (unpaired) electrons. The van der Waals surface area contributed by atoms with Crippen LogP contribution < -0.4 is 0 Å². The van der Waals surface area contributed by atoms with Crippen molar-refractivity contribution in [2.45, 2.75) is 68.4 Å². The Bertz CT molecular complexity index is 1050. The van der Waals surface area contributed by atoms with Crippen molar-refractivity contribution < 1.29 is 13.5 Å². The van der Waals surface area contributed by atoms with Crippen LogP contribution in [-0.4, -0.2) is 79.6 Å². The molecule has 0 amide bonds. The van der Waals surface area contributed by atoms with Gasteiger partial charge < -0.3 is 5.11 Å². The maximum atomic E-state index is 11.9. The van der Waals surface area contributed by atoms with Gasteiger partial charge in [0.1, 0.15) is 0 Å². The number of hydrogen-bond donors (Lipinski definition) is 1. The molecule has 5 rings (SSSR count). The second-order valence-corrected chi connectivity index (χ2v) is 13.2. The van der Waals surface area contributed by atoms with Gasteiger partial charge in [-0.3, -0.25) is 14.7 Å². The van der Waals surface area contributed by atoms with Crippen LogP contribution in [0.2, 0.25) is 0 Å². The van der Waals surface area contributed by atoms with Gasteiger partial charge in [-0.2, -0.15) is 0 Å². The average molecular weight is 486 g/mol. The van der Waals surface area contributed by atoms with Gasteiger partial charge in [-0.05, 0) is 76.6 Å². The molecule has 4 aliphatic rings. The highest BCUT2D eigenvalue weighted by molar-refractivity contribution is 7.94. The summed E-state index contributed by atoms with van der Waals surface area (Å²) in [7, 11) is 1.19. The first-order valence-electron chi connectivity index (χ1n) is 12.7. The zero-order chi connectivity index (χ0) is 24.1. The first-order valence-corrected chi connectivity index (χ1v) is 14.6. The molecule has 2 saturated carbocycles. The van der Waals surface area contributed by atoms with Crippen molar-refractivity contribution in [3.8, 4) is 0 Å². The summed E-state index contributed by atoms with van der Waals surface area (Å²) >= 11 is 0. The van der Waals surface area contributed by atoms with Crippen molar-refractivity contribution in [2.24, 2.45) is 5.92 Å². The van der Waals surface area contributed by atoms with E-state index in [1.807, 2.05) is 12.2 Å². The third-order valence-corrected chi connectivity index (χ3v) is 10.0. The van der Waals surface area contributed by atoms with E-state index in [0.29, 0.717) is 17.2 Å². The highest BCUT2D eigenvalue weighted by atomic mass is 32.2. The molecule has 2 unspecified atom stereocenters. The average Bonchev–Trinajstić information content (AvgIpc) is 3.61. The van der Waals surface area contributed by atoms with Crippen LogP contribution in [0.4, 0.5) is 0 Å². The quantitative estimate of drug-likeness (QED) is 0.667. The number of benzene rings is 1. The van der Waals surface area contributed by atoms with E-state index in [2.05, 4.69) is 59.1 Å². The van der Waals surface area contributed by atoms with Gasteiger partial charge in [0.05, 0.1) is 4.91 Å². The summed E-state index contributed by atoms with van der Waals surface area (Å²) in [6.45, 7) is 1.79. The molecule has 6 nitrogen and oxygen atoms in total. The molecule has 1 spiro atoms. The lowest BCUT2D eigenvalue weighted by Gasteiger charge is -2.51. The minimum Gasteiger partial charge on any atom is -0.365 e. The molecule has 0 aromatic heterocycles. The molecular formula is C27H39N3O3S. The standard InChI is InChI=1S/C27H39N3O3S/c1-28(2)27(22-7-5-4-6-8-22)17-15-26(16-18-27)20-29(25(31)30(26)19-21-9-10-21)23-11-13-24(14-12-23)34(3,32)33/h4-8,11,13-14,21,23,25,31H,9-10,12,15-20H2,1-3H3/t23?,25?,26-,27+. The maximum Gasteiger partial charge on any atom is 0.175 e. The van der Waals surface area contributed by atoms with Crippen LogP contribution in [0.15, 0.2) is 53.5 Å². The zero-order valence-corrected chi connectivity index (χ0v) is 21.5. The van der Waals surface area contributed by atoms with Gasteiger partial charge in [-0.1, -0.05) is 42.5 Å². The van der Waals surface area contributed by atoms with E-state index in [-0.39, 0.29) is 17.1 Å². The molecule has 3 aliphatic carbocycles. The summed E-state index contributed by atoms with van der Waals surface area (Å²) < 4.78 is 23.9. The summed E-state index contributed by atoms with van der Waals surface area (Å²) in [6.07, 6.45) is 13.5. The Morgan fingerprint density at radius 2 is 1.76 bits per heavy atom. The minimum absolute atomic E-state index is 0.0218.